The molecule has 0 radical (unpaired) electrons. The molecule has 76 valence electrons. The monoisotopic (exact) mass is 198 g/mol. The smallest absolute Gasteiger partial charge is 0.381 e. The van der Waals surface area contributed by atoms with E-state index in [0.29, 0.717) is 18.9 Å². The Hall–Kier alpha value is -1.47. The molecule has 1 aliphatic heterocycles. The van der Waals surface area contributed by atoms with Crippen molar-refractivity contribution >= 4 is 5.82 Å². The lowest BCUT2D eigenvalue weighted by Gasteiger charge is -2.20. The number of rotatable bonds is 2. The van der Waals surface area contributed by atoms with E-state index in [9.17, 15) is 10.1 Å². The number of imidazole rings is 1. The average Bonchev–Trinajstić information content (AvgIpc) is 2.59. The Bertz CT molecular complexity index is 362. The molecule has 0 spiro atoms. The second-order valence-electron chi connectivity index (χ2n) is 3.19. The van der Waals surface area contributed by atoms with E-state index in [-0.39, 0.29) is 18.5 Å². The summed E-state index contributed by atoms with van der Waals surface area (Å²) in [7, 11) is 0. The minimum absolute atomic E-state index is 0.0145. The first kappa shape index (κ1) is 9.10. The van der Waals surface area contributed by atoms with Gasteiger partial charge in [-0.15, -0.1) is 0 Å². The fraction of sp³-hybridized carbons (Fsp3) is 0.571. The zero-order chi connectivity index (χ0) is 10.1. The van der Waals surface area contributed by atoms with E-state index in [1.54, 1.807) is 4.57 Å². The second-order valence-corrected chi connectivity index (χ2v) is 3.19. The molecule has 7 nitrogen and oxygen atoms in total. The summed E-state index contributed by atoms with van der Waals surface area (Å²) in [4.78, 5) is 13.8. The summed E-state index contributed by atoms with van der Waals surface area (Å²) in [6.07, 6.45) is 1.92. The molecule has 1 atom stereocenters. The van der Waals surface area contributed by atoms with Gasteiger partial charge in [-0.2, -0.15) is 0 Å². The molecular formula is C7H10N4O3. The van der Waals surface area contributed by atoms with Crippen LogP contribution in [0.2, 0.25) is 0 Å². The van der Waals surface area contributed by atoms with Crippen molar-refractivity contribution in [2.24, 2.45) is 0 Å². The molecule has 0 amide bonds. The van der Waals surface area contributed by atoms with Gasteiger partial charge < -0.3 is 15.2 Å². The molecule has 2 rings (SSSR count). The normalized spacial score (nSPS) is 20.5. The van der Waals surface area contributed by atoms with Crippen LogP contribution in [0.4, 0.5) is 5.82 Å². The molecule has 1 unspecified atom stereocenters. The third-order valence-corrected chi connectivity index (χ3v) is 2.23. The van der Waals surface area contributed by atoms with Crippen LogP contribution < -0.4 is 5.32 Å². The molecule has 2 heterocycles. The van der Waals surface area contributed by atoms with Gasteiger partial charge in [-0.05, 0) is 9.91 Å². The van der Waals surface area contributed by atoms with Crippen LogP contribution in [0.25, 0.3) is 0 Å². The van der Waals surface area contributed by atoms with Crippen molar-refractivity contribution in [3.8, 4) is 0 Å². The first-order valence-corrected chi connectivity index (χ1v) is 4.25. The van der Waals surface area contributed by atoms with Gasteiger partial charge in [0.2, 0.25) is 5.82 Å². The molecular weight excluding hydrogens is 188 g/mol. The molecule has 0 saturated carbocycles. The van der Waals surface area contributed by atoms with Crippen LogP contribution in [0.5, 0.6) is 0 Å². The number of aliphatic hydroxyl groups is 1. The molecule has 2 N–H and O–H groups in total. The zero-order valence-electron chi connectivity index (χ0n) is 7.38. The third-order valence-electron chi connectivity index (χ3n) is 2.23. The summed E-state index contributed by atoms with van der Waals surface area (Å²) in [5.41, 5.74) is 0. The molecule has 0 aromatic carbocycles. The lowest BCUT2D eigenvalue weighted by molar-refractivity contribution is -0.389. The molecule has 0 saturated heterocycles. The largest absolute Gasteiger partial charge is 0.395 e. The Kier molecular flexibility index (Phi) is 2.18. The van der Waals surface area contributed by atoms with Gasteiger partial charge in [0.15, 0.2) is 0 Å². The molecule has 7 heteroatoms. The molecule has 14 heavy (non-hydrogen) atoms. The minimum atomic E-state index is -0.515. The van der Waals surface area contributed by atoms with Crippen molar-refractivity contribution < 1.29 is 10.0 Å². The highest BCUT2D eigenvalue weighted by Gasteiger charge is 2.25. The first-order chi connectivity index (χ1) is 6.70. The maximum atomic E-state index is 10.4. The fourth-order valence-electron chi connectivity index (χ4n) is 1.48. The maximum absolute atomic E-state index is 10.4. The lowest BCUT2D eigenvalue weighted by Crippen LogP contribution is -2.41. The van der Waals surface area contributed by atoms with E-state index in [1.165, 1.54) is 6.20 Å². The topological polar surface area (TPSA) is 93.2 Å². The Labute approximate surface area is 79.5 Å². The summed E-state index contributed by atoms with van der Waals surface area (Å²) in [5, 5.41) is 22.4. The number of nitro groups is 1. The number of fused-ring (bicyclic) bond motifs is 1. The van der Waals surface area contributed by atoms with Gasteiger partial charge >= 0.3 is 5.82 Å². The van der Waals surface area contributed by atoms with Crippen molar-refractivity contribution in [3.05, 3.63) is 22.1 Å². The summed E-state index contributed by atoms with van der Waals surface area (Å²) >= 11 is 0. The first-order valence-electron chi connectivity index (χ1n) is 4.25. The number of hydrogen-bond acceptors (Lipinski definition) is 5. The van der Waals surface area contributed by atoms with Gasteiger partial charge in [0, 0.05) is 12.5 Å². The van der Waals surface area contributed by atoms with Crippen LogP contribution in [-0.2, 0) is 13.1 Å². The summed E-state index contributed by atoms with van der Waals surface area (Å²) in [6.45, 7) is 0.474. The number of aromatic nitrogens is 2. The van der Waals surface area contributed by atoms with E-state index in [0.717, 1.165) is 0 Å². The SMILES string of the molecule is O=[N+]([O-])c1cn2c(n1)CC(CO)NC2. The summed E-state index contributed by atoms with van der Waals surface area (Å²) in [5.74, 6) is 0.509. The highest BCUT2D eigenvalue weighted by Crippen LogP contribution is 2.15. The van der Waals surface area contributed by atoms with Crippen LogP contribution in [0.3, 0.4) is 0 Å². The Balaban J connectivity index is 2.25. The molecule has 0 bridgehead atoms. The molecule has 1 aliphatic rings. The van der Waals surface area contributed by atoms with Crippen LogP contribution in [0.15, 0.2) is 6.20 Å². The fourth-order valence-corrected chi connectivity index (χ4v) is 1.48. The van der Waals surface area contributed by atoms with Crippen molar-refractivity contribution in [3.63, 3.8) is 0 Å². The Morgan fingerprint density at radius 1 is 1.86 bits per heavy atom. The highest BCUT2D eigenvalue weighted by molar-refractivity contribution is 5.18. The lowest BCUT2D eigenvalue weighted by atomic mass is 10.2. The van der Waals surface area contributed by atoms with Gasteiger partial charge in [-0.1, -0.05) is 0 Å². The number of nitrogens with one attached hydrogen (secondary N) is 1. The minimum Gasteiger partial charge on any atom is -0.395 e. The molecule has 1 aromatic rings. The van der Waals surface area contributed by atoms with E-state index in [4.69, 9.17) is 5.11 Å². The van der Waals surface area contributed by atoms with Crippen LogP contribution >= 0.6 is 0 Å². The number of nitrogens with zero attached hydrogens (tertiary/aromatic N) is 3. The van der Waals surface area contributed by atoms with Gasteiger partial charge in [-0.3, -0.25) is 9.88 Å². The standard InChI is InChI=1S/C7H10N4O3/c12-3-5-1-6-9-7(11(13)14)2-10(6)4-8-5/h2,5,8,12H,1,3-4H2. The summed E-state index contributed by atoms with van der Waals surface area (Å²) in [6, 6.07) is -0.0514. The van der Waals surface area contributed by atoms with Crippen molar-refractivity contribution in [2.45, 2.75) is 19.1 Å². The quantitative estimate of drug-likeness (QED) is 0.482. The second kappa shape index (κ2) is 3.35. The number of aliphatic hydroxyl groups excluding tert-OH is 1. The van der Waals surface area contributed by atoms with Gasteiger partial charge in [0.25, 0.3) is 0 Å². The van der Waals surface area contributed by atoms with Crippen molar-refractivity contribution in [2.75, 3.05) is 6.61 Å². The summed E-state index contributed by atoms with van der Waals surface area (Å²) < 4.78 is 1.68. The van der Waals surface area contributed by atoms with Gasteiger partial charge in [0.05, 0.1) is 13.3 Å². The third kappa shape index (κ3) is 1.47. The molecule has 0 fully saturated rings. The van der Waals surface area contributed by atoms with Gasteiger partial charge in [0.1, 0.15) is 6.20 Å². The van der Waals surface area contributed by atoms with E-state index in [1.807, 2.05) is 0 Å². The van der Waals surface area contributed by atoms with Crippen LogP contribution in [0, 0.1) is 10.1 Å². The van der Waals surface area contributed by atoms with Crippen LogP contribution in [-0.4, -0.2) is 32.2 Å². The van der Waals surface area contributed by atoms with Crippen molar-refractivity contribution in [1.29, 1.82) is 0 Å². The predicted octanol–water partition coefficient (Wildman–Crippen LogP) is -0.745. The molecule has 0 aliphatic carbocycles. The van der Waals surface area contributed by atoms with E-state index < -0.39 is 4.92 Å². The van der Waals surface area contributed by atoms with E-state index in [2.05, 4.69) is 10.3 Å². The average molecular weight is 198 g/mol. The number of hydrogen-bond donors (Lipinski definition) is 2. The predicted molar refractivity (Wildman–Crippen MR) is 46.6 cm³/mol. The molecule has 1 aromatic heterocycles. The maximum Gasteiger partial charge on any atom is 0.381 e. The van der Waals surface area contributed by atoms with E-state index >= 15 is 0 Å². The zero-order valence-corrected chi connectivity index (χ0v) is 7.38. The van der Waals surface area contributed by atoms with Gasteiger partial charge in [-0.25, -0.2) is 0 Å². The highest BCUT2D eigenvalue weighted by atomic mass is 16.6. The Morgan fingerprint density at radius 3 is 3.29 bits per heavy atom. The van der Waals surface area contributed by atoms with Crippen LogP contribution in [0.1, 0.15) is 5.82 Å². The Morgan fingerprint density at radius 2 is 2.64 bits per heavy atom. The van der Waals surface area contributed by atoms with Crippen molar-refractivity contribution in [1.82, 2.24) is 14.9 Å².